The number of hydrogen-bond donors (Lipinski definition) is 3. The van der Waals surface area contributed by atoms with E-state index in [2.05, 4.69) is 17.4 Å². The van der Waals surface area contributed by atoms with Crippen molar-refractivity contribution in [1.82, 2.24) is 5.32 Å². The number of nitrogens with one attached hydrogen (secondary N) is 1. The van der Waals surface area contributed by atoms with Crippen LogP contribution in [0.4, 0.5) is 0 Å². The Morgan fingerprint density at radius 2 is 1.52 bits per heavy atom. The molecule has 3 nitrogen and oxygen atoms in total. The van der Waals surface area contributed by atoms with Crippen molar-refractivity contribution >= 4 is 0 Å². The zero-order valence-electron chi connectivity index (χ0n) is 12.4. The summed E-state index contributed by atoms with van der Waals surface area (Å²) in [6.07, 6.45) is -0.162. The molecule has 0 saturated heterocycles. The van der Waals surface area contributed by atoms with E-state index >= 15 is 0 Å². The lowest BCUT2D eigenvalue weighted by Crippen LogP contribution is -2.23. The van der Waals surface area contributed by atoms with Crippen molar-refractivity contribution in [1.29, 1.82) is 0 Å². The molecule has 0 amide bonds. The van der Waals surface area contributed by atoms with E-state index in [1.54, 1.807) is 0 Å². The molecule has 2 aromatic carbocycles. The minimum absolute atomic E-state index is 0.531. The third kappa shape index (κ3) is 4.67. The van der Waals surface area contributed by atoms with Crippen LogP contribution in [0.3, 0.4) is 0 Å². The Hall–Kier alpha value is -1.68. The van der Waals surface area contributed by atoms with Gasteiger partial charge < -0.3 is 15.5 Å². The molecule has 0 aliphatic rings. The molecule has 2 unspecified atom stereocenters. The zero-order valence-corrected chi connectivity index (χ0v) is 12.4. The highest BCUT2D eigenvalue weighted by Gasteiger charge is 2.17. The Kier molecular flexibility index (Phi) is 5.93. The molecule has 112 valence electrons. The Morgan fingerprint density at radius 1 is 0.905 bits per heavy atom. The molecule has 0 spiro atoms. The standard InChI is InChI=1S/C18H23NO2/c1-19-12-11-17(20)18(21)16-9-7-15(8-10-16)13-14-5-3-2-4-6-14/h2-10,17-21H,11-13H2,1H3. The summed E-state index contributed by atoms with van der Waals surface area (Å²) in [6, 6.07) is 18.1. The lowest BCUT2D eigenvalue weighted by atomic mass is 9.98. The highest BCUT2D eigenvalue weighted by Crippen LogP contribution is 2.20. The van der Waals surface area contributed by atoms with E-state index in [-0.39, 0.29) is 0 Å². The van der Waals surface area contributed by atoms with E-state index in [0.717, 1.165) is 12.0 Å². The maximum atomic E-state index is 10.1. The predicted molar refractivity (Wildman–Crippen MR) is 85.2 cm³/mol. The van der Waals surface area contributed by atoms with Crippen LogP contribution in [-0.2, 0) is 6.42 Å². The van der Waals surface area contributed by atoms with Crippen molar-refractivity contribution < 1.29 is 10.2 Å². The Balaban J connectivity index is 1.98. The maximum Gasteiger partial charge on any atom is 0.105 e. The molecule has 0 aliphatic heterocycles. The van der Waals surface area contributed by atoms with Crippen LogP contribution < -0.4 is 5.32 Å². The van der Waals surface area contributed by atoms with Crippen molar-refractivity contribution in [2.75, 3.05) is 13.6 Å². The molecule has 0 saturated carbocycles. The molecule has 2 atom stereocenters. The first-order chi connectivity index (χ1) is 10.2. The van der Waals surface area contributed by atoms with Gasteiger partial charge in [-0.2, -0.15) is 0 Å². The second-order valence-electron chi connectivity index (χ2n) is 5.31. The molecule has 3 N–H and O–H groups in total. The minimum Gasteiger partial charge on any atom is -0.390 e. The van der Waals surface area contributed by atoms with Gasteiger partial charge in [0.2, 0.25) is 0 Å². The van der Waals surface area contributed by atoms with Gasteiger partial charge in [0.25, 0.3) is 0 Å². The van der Waals surface area contributed by atoms with Gasteiger partial charge in [-0.15, -0.1) is 0 Å². The quantitative estimate of drug-likeness (QED) is 0.731. The lowest BCUT2D eigenvalue weighted by molar-refractivity contribution is 0.0140. The molecule has 0 heterocycles. The Morgan fingerprint density at radius 3 is 2.14 bits per heavy atom. The number of aliphatic hydroxyl groups is 2. The van der Waals surface area contributed by atoms with Crippen molar-refractivity contribution in [2.45, 2.75) is 25.0 Å². The van der Waals surface area contributed by atoms with Crippen LogP contribution in [0.5, 0.6) is 0 Å². The molecule has 3 heteroatoms. The summed E-state index contributed by atoms with van der Waals surface area (Å²) in [5.74, 6) is 0. The number of aliphatic hydroxyl groups excluding tert-OH is 2. The second kappa shape index (κ2) is 7.93. The fraction of sp³-hybridized carbons (Fsp3) is 0.333. The molecular weight excluding hydrogens is 262 g/mol. The van der Waals surface area contributed by atoms with Gasteiger partial charge in [-0.05, 0) is 43.1 Å². The summed E-state index contributed by atoms with van der Waals surface area (Å²) >= 11 is 0. The minimum atomic E-state index is -0.830. The first kappa shape index (κ1) is 15.7. The summed E-state index contributed by atoms with van der Waals surface area (Å²) in [5.41, 5.74) is 3.22. The first-order valence-corrected chi connectivity index (χ1v) is 7.34. The van der Waals surface area contributed by atoms with Crippen LogP contribution in [0.25, 0.3) is 0 Å². The van der Waals surface area contributed by atoms with Crippen LogP contribution in [0.1, 0.15) is 29.2 Å². The number of rotatable bonds is 7. The highest BCUT2D eigenvalue weighted by atomic mass is 16.3. The van der Waals surface area contributed by atoms with E-state index in [1.807, 2.05) is 49.5 Å². The van der Waals surface area contributed by atoms with Crippen molar-refractivity contribution in [3.63, 3.8) is 0 Å². The van der Waals surface area contributed by atoms with E-state index < -0.39 is 12.2 Å². The normalized spacial score (nSPS) is 13.9. The van der Waals surface area contributed by atoms with Gasteiger partial charge in [-0.25, -0.2) is 0 Å². The fourth-order valence-electron chi connectivity index (χ4n) is 2.34. The largest absolute Gasteiger partial charge is 0.390 e. The van der Waals surface area contributed by atoms with Crippen LogP contribution in [0, 0.1) is 0 Å². The van der Waals surface area contributed by atoms with Crippen molar-refractivity contribution in [2.24, 2.45) is 0 Å². The number of benzene rings is 2. The molecule has 0 fully saturated rings. The van der Waals surface area contributed by atoms with Gasteiger partial charge in [-0.1, -0.05) is 54.6 Å². The second-order valence-corrected chi connectivity index (χ2v) is 5.31. The molecule has 0 bridgehead atoms. The Labute approximate surface area is 126 Å². The summed E-state index contributed by atoms with van der Waals surface area (Å²) in [6.45, 7) is 0.685. The summed E-state index contributed by atoms with van der Waals surface area (Å²) < 4.78 is 0. The van der Waals surface area contributed by atoms with E-state index in [1.165, 1.54) is 11.1 Å². The van der Waals surface area contributed by atoms with Gasteiger partial charge in [0.15, 0.2) is 0 Å². The molecule has 0 aliphatic carbocycles. The van der Waals surface area contributed by atoms with Crippen LogP contribution in [0.2, 0.25) is 0 Å². The van der Waals surface area contributed by atoms with Gasteiger partial charge in [0, 0.05) is 0 Å². The summed E-state index contributed by atoms with van der Waals surface area (Å²) in [7, 11) is 1.83. The van der Waals surface area contributed by atoms with Gasteiger partial charge >= 0.3 is 0 Å². The Bertz CT molecular complexity index is 525. The molecule has 0 radical (unpaired) electrons. The van der Waals surface area contributed by atoms with Crippen molar-refractivity contribution in [3.8, 4) is 0 Å². The fourth-order valence-corrected chi connectivity index (χ4v) is 2.34. The maximum absolute atomic E-state index is 10.1. The molecule has 0 aromatic heterocycles. The SMILES string of the molecule is CNCCC(O)C(O)c1ccc(Cc2ccccc2)cc1. The van der Waals surface area contributed by atoms with Crippen LogP contribution in [-0.4, -0.2) is 29.9 Å². The van der Waals surface area contributed by atoms with Crippen LogP contribution in [0.15, 0.2) is 54.6 Å². The zero-order chi connectivity index (χ0) is 15.1. The van der Waals surface area contributed by atoms with Crippen molar-refractivity contribution in [3.05, 3.63) is 71.3 Å². The van der Waals surface area contributed by atoms with Gasteiger partial charge in [0.1, 0.15) is 6.10 Å². The van der Waals surface area contributed by atoms with E-state index in [4.69, 9.17) is 0 Å². The topological polar surface area (TPSA) is 52.5 Å². The average Bonchev–Trinajstić information content (AvgIpc) is 2.53. The average molecular weight is 285 g/mol. The summed E-state index contributed by atoms with van der Waals surface area (Å²) in [4.78, 5) is 0. The van der Waals surface area contributed by atoms with E-state index in [0.29, 0.717) is 13.0 Å². The third-order valence-electron chi connectivity index (χ3n) is 3.63. The smallest absolute Gasteiger partial charge is 0.105 e. The molecular formula is C18H23NO2. The molecule has 2 rings (SSSR count). The van der Waals surface area contributed by atoms with E-state index in [9.17, 15) is 10.2 Å². The highest BCUT2D eigenvalue weighted by molar-refractivity contribution is 5.29. The lowest BCUT2D eigenvalue weighted by Gasteiger charge is -2.18. The third-order valence-corrected chi connectivity index (χ3v) is 3.63. The summed E-state index contributed by atoms with van der Waals surface area (Å²) in [5, 5.41) is 23.0. The van der Waals surface area contributed by atoms with Gasteiger partial charge in [-0.3, -0.25) is 0 Å². The predicted octanol–water partition coefficient (Wildman–Crippen LogP) is 2.28. The number of hydrogen-bond acceptors (Lipinski definition) is 3. The van der Waals surface area contributed by atoms with Crippen LogP contribution >= 0.6 is 0 Å². The molecule has 2 aromatic rings. The molecule has 21 heavy (non-hydrogen) atoms. The monoisotopic (exact) mass is 285 g/mol. The first-order valence-electron chi connectivity index (χ1n) is 7.34. The van der Waals surface area contributed by atoms with Gasteiger partial charge in [0.05, 0.1) is 6.10 Å².